The third-order valence-electron chi connectivity index (χ3n) is 2.64. The van der Waals surface area contributed by atoms with Crippen LogP contribution in [0.5, 0.6) is 0 Å². The predicted molar refractivity (Wildman–Crippen MR) is 76.0 cm³/mol. The summed E-state index contributed by atoms with van der Waals surface area (Å²) in [5.41, 5.74) is -2.98. The molecular weight excluding hydrogens is 260 g/mol. The standard InChI is InChI=1S/C15H26O5/c1-10(2)8-9-11(3)15(18,12(16)19-7)13(17)20-14(4,5)6/h9-10,18H,8H2,1-7H3. The zero-order chi connectivity index (χ0) is 16.1. The Morgan fingerprint density at radius 1 is 1.20 bits per heavy atom. The summed E-state index contributed by atoms with van der Waals surface area (Å²) in [6, 6.07) is 0. The molecule has 0 aliphatic rings. The summed E-state index contributed by atoms with van der Waals surface area (Å²) in [5, 5.41) is 10.5. The zero-order valence-electron chi connectivity index (χ0n) is 13.4. The average molecular weight is 286 g/mol. The second kappa shape index (κ2) is 6.88. The van der Waals surface area contributed by atoms with E-state index in [1.165, 1.54) is 6.92 Å². The lowest BCUT2D eigenvalue weighted by Gasteiger charge is -2.29. The van der Waals surface area contributed by atoms with E-state index < -0.39 is 23.1 Å². The van der Waals surface area contributed by atoms with Crippen molar-refractivity contribution in [3.63, 3.8) is 0 Å². The van der Waals surface area contributed by atoms with Gasteiger partial charge in [0.2, 0.25) is 0 Å². The number of carbonyl (C=O) groups excluding carboxylic acids is 2. The van der Waals surface area contributed by atoms with E-state index in [1.54, 1.807) is 26.8 Å². The number of hydrogen-bond donors (Lipinski definition) is 1. The Labute approximate surface area is 121 Å². The van der Waals surface area contributed by atoms with Crippen molar-refractivity contribution in [3.05, 3.63) is 11.6 Å². The van der Waals surface area contributed by atoms with E-state index in [2.05, 4.69) is 4.74 Å². The van der Waals surface area contributed by atoms with E-state index in [0.717, 1.165) is 7.11 Å². The van der Waals surface area contributed by atoms with Gasteiger partial charge in [-0.1, -0.05) is 19.9 Å². The maximum absolute atomic E-state index is 12.2. The molecule has 5 nitrogen and oxygen atoms in total. The summed E-state index contributed by atoms with van der Waals surface area (Å²) in [6.07, 6.45) is 2.29. The molecule has 1 unspecified atom stereocenters. The van der Waals surface area contributed by atoms with Gasteiger partial charge in [0.1, 0.15) is 5.60 Å². The molecule has 116 valence electrons. The molecule has 0 fully saturated rings. The molecule has 20 heavy (non-hydrogen) atoms. The first-order chi connectivity index (χ1) is 8.95. The van der Waals surface area contributed by atoms with Gasteiger partial charge in [0.25, 0.3) is 5.60 Å². The Bertz CT molecular complexity index is 390. The summed E-state index contributed by atoms with van der Waals surface area (Å²) in [7, 11) is 1.12. The third-order valence-corrected chi connectivity index (χ3v) is 2.64. The van der Waals surface area contributed by atoms with Crippen LogP contribution in [0.3, 0.4) is 0 Å². The van der Waals surface area contributed by atoms with Crippen LogP contribution >= 0.6 is 0 Å². The smallest absolute Gasteiger partial charge is 0.355 e. The molecule has 1 atom stereocenters. The number of hydrogen-bond acceptors (Lipinski definition) is 5. The molecule has 0 saturated carbocycles. The van der Waals surface area contributed by atoms with Crippen molar-refractivity contribution < 1.29 is 24.2 Å². The Hall–Kier alpha value is -1.36. The van der Waals surface area contributed by atoms with Crippen LogP contribution in [0.25, 0.3) is 0 Å². The van der Waals surface area contributed by atoms with E-state index in [9.17, 15) is 14.7 Å². The highest BCUT2D eigenvalue weighted by Gasteiger charge is 2.49. The minimum atomic E-state index is -2.39. The number of carbonyl (C=O) groups is 2. The van der Waals surface area contributed by atoms with E-state index in [1.807, 2.05) is 13.8 Å². The molecule has 0 aliphatic carbocycles. The largest absolute Gasteiger partial charge is 0.466 e. The highest BCUT2D eigenvalue weighted by molar-refractivity contribution is 6.06. The molecule has 0 saturated heterocycles. The first-order valence-corrected chi connectivity index (χ1v) is 6.66. The van der Waals surface area contributed by atoms with Gasteiger partial charge in [0.15, 0.2) is 0 Å². The summed E-state index contributed by atoms with van der Waals surface area (Å²) in [6.45, 7) is 10.5. The van der Waals surface area contributed by atoms with Crippen LogP contribution in [0.4, 0.5) is 0 Å². The molecule has 0 radical (unpaired) electrons. The van der Waals surface area contributed by atoms with Gasteiger partial charge < -0.3 is 14.6 Å². The Morgan fingerprint density at radius 3 is 2.05 bits per heavy atom. The molecule has 0 aromatic carbocycles. The van der Waals surface area contributed by atoms with Crippen molar-refractivity contribution in [2.75, 3.05) is 7.11 Å². The molecule has 0 bridgehead atoms. The lowest BCUT2D eigenvalue weighted by atomic mass is 9.92. The van der Waals surface area contributed by atoms with Gasteiger partial charge in [-0.25, -0.2) is 9.59 Å². The van der Waals surface area contributed by atoms with Crippen LogP contribution in [0.1, 0.15) is 48.0 Å². The van der Waals surface area contributed by atoms with Crippen LogP contribution in [-0.4, -0.2) is 35.4 Å². The molecule has 0 aliphatic heterocycles. The summed E-state index contributed by atoms with van der Waals surface area (Å²) in [4.78, 5) is 24.0. The van der Waals surface area contributed by atoms with E-state index >= 15 is 0 Å². The van der Waals surface area contributed by atoms with E-state index in [4.69, 9.17) is 4.74 Å². The minimum Gasteiger partial charge on any atom is -0.466 e. The Kier molecular flexibility index (Phi) is 6.41. The van der Waals surface area contributed by atoms with Gasteiger partial charge in [-0.3, -0.25) is 0 Å². The first kappa shape index (κ1) is 18.6. The lowest BCUT2D eigenvalue weighted by Crippen LogP contribution is -2.51. The fourth-order valence-corrected chi connectivity index (χ4v) is 1.47. The van der Waals surface area contributed by atoms with Gasteiger partial charge in [0, 0.05) is 0 Å². The number of methoxy groups -OCH3 is 1. The molecule has 0 aromatic heterocycles. The van der Waals surface area contributed by atoms with Gasteiger partial charge in [-0.05, 0) is 45.6 Å². The van der Waals surface area contributed by atoms with Crippen molar-refractivity contribution in [1.82, 2.24) is 0 Å². The second-order valence-electron chi connectivity index (χ2n) is 6.22. The highest BCUT2D eigenvalue weighted by atomic mass is 16.6. The molecule has 1 N–H and O–H groups in total. The van der Waals surface area contributed by atoms with Crippen LogP contribution in [0.2, 0.25) is 0 Å². The van der Waals surface area contributed by atoms with Gasteiger partial charge in [0.05, 0.1) is 7.11 Å². The summed E-state index contributed by atoms with van der Waals surface area (Å²) in [5.74, 6) is -1.72. The molecule has 0 heterocycles. The maximum Gasteiger partial charge on any atom is 0.355 e. The topological polar surface area (TPSA) is 72.8 Å². The van der Waals surface area contributed by atoms with Gasteiger partial charge in [-0.15, -0.1) is 0 Å². The van der Waals surface area contributed by atoms with Crippen LogP contribution < -0.4 is 0 Å². The molecule has 0 amide bonds. The SMILES string of the molecule is COC(=O)C(O)(C(=O)OC(C)(C)C)C(C)=CCC(C)C. The van der Waals surface area contributed by atoms with Crippen molar-refractivity contribution in [2.45, 2.75) is 59.2 Å². The first-order valence-electron chi connectivity index (χ1n) is 6.66. The molecular formula is C15H26O5. The zero-order valence-corrected chi connectivity index (χ0v) is 13.4. The van der Waals surface area contributed by atoms with Crippen LogP contribution in [0, 0.1) is 5.92 Å². The van der Waals surface area contributed by atoms with Crippen molar-refractivity contribution in [3.8, 4) is 0 Å². The number of ether oxygens (including phenoxy) is 2. The Balaban J connectivity index is 5.46. The average Bonchev–Trinajstić information content (AvgIpc) is 2.31. The molecule has 0 aromatic rings. The quantitative estimate of drug-likeness (QED) is 0.476. The summed E-state index contributed by atoms with van der Waals surface area (Å²) < 4.78 is 9.67. The third kappa shape index (κ3) is 4.96. The highest BCUT2D eigenvalue weighted by Crippen LogP contribution is 2.24. The van der Waals surface area contributed by atoms with Crippen molar-refractivity contribution in [1.29, 1.82) is 0 Å². The van der Waals surface area contributed by atoms with E-state index in [0.29, 0.717) is 12.3 Å². The lowest BCUT2D eigenvalue weighted by molar-refractivity contribution is -0.184. The fraction of sp³-hybridized carbons (Fsp3) is 0.733. The number of allylic oxidation sites excluding steroid dienone is 1. The minimum absolute atomic E-state index is 0.215. The molecule has 5 heteroatoms. The number of aliphatic hydroxyl groups is 1. The van der Waals surface area contributed by atoms with Crippen LogP contribution in [-0.2, 0) is 19.1 Å². The second-order valence-corrected chi connectivity index (χ2v) is 6.22. The number of rotatable bonds is 5. The van der Waals surface area contributed by atoms with Crippen molar-refractivity contribution in [2.24, 2.45) is 5.92 Å². The fourth-order valence-electron chi connectivity index (χ4n) is 1.47. The van der Waals surface area contributed by atoms with Crippen molar-refractivity contribution >= 4 is 11.9 Å². The number of esters is 2. The van der Waals surface area contributed by atoms with Gasteiger partial charge in [-0.2, -0.15) is 0 Å². The Morgan fingerprint density at radius 2 is 1.70 bits per heavy atom. The van der Waals surface area contributed by atoms with Crippen LogP contribution in [0.15, 0.2) is 11.6 Å². The van der Waals surface area contributed by atoms with Gasteiger partial charge >= 0.3 is 11.9 Å². The normalized spacial score (nSPS) is 15.8. The molecule has 0 spiro atoms. The van der Waals surface area contributed by atoms with E-state index in [-0.39, 0.29) is 5.57 Å². The maximum atomic E-state index is 12.2. The monoisotopic (exact) mass is 286 g/mol. The summed E-state index contributed by atoms with van der Waals surface area (Å²) >= 11 is 0. The predicted octanol–water partition coefficient (Wildman–Crippen LogP) is 2.22. The molecule has 0 rings (SSSR count).